The molecule has 4 nitrogen and oxygen atoms in total. The Kier molecular flexibility index (Phi) is 6.07. The van der Waals surface area contributed by atoms with E-state index in [4.69, 9.17) is 4.99 Å². The van der Waals surface area contributed by atoms with E-state index < -0.39 is 0 Å². The van der Waals surface area contributed by atoms with Gasteiger partial charge in [0.05, 0.1) is 13.3 Å². The summed E-state index contributed by atoms with van der Waals surface area (Å²) >= 11 is 0. The highest BCUT2D eigenvalue weighted by molar-refractivity contribution is 6.10. The fourth-order valence-electron chi connectivity index (χ4n) is 3.25. The Morgan fingerprint density at radius 2 is 1.77 bits per heavy atom. The first kappa shape index (κ1) is 18.6. The van der Waals surface area contributed by atoms with Gasteiger partial charge in [-0.05, 0) is 64.2 Å². The number of hydrogen-bond acceptors (Lipinski definition) is 4. The highest BCUT2D eigenvalue weighted by Crippen LogP contribution is 2.24. The van der Waals surface area contributed by atoms with Crippen LogP contribution in [-0.4, -0.2) is 56.2 Å². The van der Waals surface area contributed by atoms with Gasteiger partial charge in [0.25, 0.3) is 0 Å². The Morgan fingerprint density at radius 1 is 1.00 bits per heavy atom. The Hall–Kier alpha value is -2.17. The average Bonchev–Trinajstić information content (AvgIpc) is 2.64. The van der Waals surface area contributed by atoms with Crippen LogP contribution in [0, 0.1) is 13.8 Å². The lowest BCUT2D eigenvalue weighted by Crippen LogP contribution is -2.47. The summed E-state index contributed by atoms with van der Waals surface area (Å²) in [5.41, 5.74) is 5.04. The van der Waals surface area contributed by atoms with Crippen molar-refractivity contribution in [1.29, 1.82) is 0 Å². The summed E-state index contributed by atoms with van der Waals surface area (Å²) in [6, 6.07) is 17.2. The van der Waals surface area contributed by atoms with Gasteiger partial charge in [0.15, 0.2) is 0 Å². The van der Waals surface area contributed by atoms with E-state index in [1.165, 1.54) is 22.4 Å². The molecule has 0 saturated heterocycles. The van der Waals surface area contributed by atoms with Crippen LogP contribution in [0.2, 0.25) is 0 Å². The summed E-state index contributed by atoms with van der Waals surface area (Å²) in [6.45, 7) is 8.15. The summed E-state index contributed by atoms with van der Waals surface area (Å²) < 4.78 is 0. The van der Waals surface area contributed by atoms with Gasteiger partial charge in [0.2, 0.25) is 0 Å². The Labute approximate surface area is 157 Å². The number of aryl methyl sites for hydroxylation is 2. The largest absolute Gasteiger partial charge is 0.313 e. The fourth-order valence-corrected chi connectivity index (χ4v) is 3.25. The molecule has 1 aliphatic rings. The minimum absolute atomic E-state index is 0.763. The van der Waals surface area contributed by atoms with Gasteiger partial charge in [-0.3, -0.25) is 9.89 Å². The summed E-state index contributed by atoms with van der Waals surface area (Å²) in [5, 5.41) is 0. The number of anilines is 1. The van der Waals surface area contributed by atoms with E-state index >= 15 is 0 Å². The Bertz CT molecular complexity index is 752. The summed E-state index contributed by atoms with van der Waals surface area (Å²) in [6.07, 6.45) is 1.16. The molecule has 0 aromatic heterocycles. The molecule has 0 unspecified atom stereocenters. The second-order valence-electron chi connectivity index (χ2n) is 7.38. The number of amidine groups is 1. The van der Waals surface area contributed by atoms with Crippen LogP contribution >= 0.6 is 0 Å². The van der Waals surface area contributed by atoms with Crippen molar-refractivity contribution in [1.82, 2.24) is 9.80 Å². The lowest BCUT2D eigenvalue weighted by atomic mass is 10.1. The first-order valence-corrected chi connectivity index (χ1v) is 9.36. The molecule has 0 fully saturated rings. The molecule has 4 heteroatoms. The first-order valence-electron chi connectivity index (χ1n) is 9.36. The van der Waals surface area contributed by atoms with Crippen LogP contribution < -0.4 is 4.90 Å². The molecule has 0 N–H and O–H groups in total. The highest BCUT2D eigenvalue weighted by Gasteiger charge is 2.23. The van der Waals surface area contributed by atoms with Crippen LogP contribution in [-0.2, 0) is 0 Å². The Morgan fingerprint density at radius 3 is 2.46 bits per heavy atom. The second kappa shape index (κ2) is 8.47. The lowest BCUT2D eigenvalue weighted by molar-refractivity contribution is 0.261. The van der Waals surface area contributed by atoms with E-state index in [1.54, 1.807) is 0 Å². The van der Waals surface area contributed by atoms with Gasteiger partial charge >= 0.3 is 0 Å². The van der Waals surface area contributed by atoms with Crippen molar-refractivity contribution >= 4 is 11.5 Å². The Balaban J connectivity index is 1.86. The smallest absolute Gasteiger partial charge is 0.137 e. The third kappa shape index (κ3) is 4.51. The van der Waals surface area contributed by atoms with Gasteiger partial charge in [-0.25, -0.2) is 0 Å². The SMILES string of the molecule is Cc1ccc(N2CN(CCCN(C)C)CN=C2c2ccccc2)cc1C. The van der Waals surface area contributed by atoms with Gasteiger partial charge in [0, 0.05) is 17.8 Å². The molecule has 0 bridgehead atoms. The minimum atomic E-state index is 0.763. The molecule has 138 valence electrons. The topological polar surface area (TPSA) is 22.1 Å². The minimum Gasteiger partial charge on any atom is -0.313 e. The van der Waals surface area contributed by atoms with Crippen molar-refractivity contribution in [2.75, 3.05) is 45.4 Å². The standard InChI is InChI=1S/C22H30N4/c1-18-11-12-21(15-19(18)2)26-17-25(14-8-13-24(3)4)16-23-22(26)20-9-6-5-7-10-20/h5-7,9-12,15H,8,13-14,16-17H2,1-4H3. The fraction of sp³-hybridized carbons (Fsp3) is 0.409. The van der Waals surface area contributed by atoms with Crippen LogP contribution in [0.5, 0.6) is 0 Å². The zero-order chi connectivity index (χ0) is 18.5. The summed E-state index contributed by atoms with van der Waals surface area (Å²) in [7, 11) is 4.26. The highest BCUT2D eigenvalue weighted by atomic mass is 15.4. The van der Waals surface area contributed by atoms with Crippen LogP contribution in [0.15, 0.2) is 53.5 Å². The lowest BCUT2D eigenvalue weighted by Gasteiger charge is -2.36. The van der Waals surface area contributed by atoms with Crippen molar-refractivity contribution in [3.8, 4) is 0 Å². The number of aliphatic imine (C=N–C) groups is 1. The molecule has 1 aliphatic heterocycles. The summed E-state index contributed by atoms with van der Waals surface area (Å²) in [4.78, 5) is 12.0. The van der Waals surface area contributed by atoms with Gasteiger partial charge in [0.1, 0.15) is 5.84 Å². The molecule has 3 rings (SSSR count). The second-order valence-corrected chi connectivity index (χ2v) is 7.38. The van der Waals surface area contributed by atoms with E-state index in [9.17, 15) is 0 Å². The number of hydrogen-bond donors (Lipinski definition) is 0. The molecule has 0 atom stereocenters. The summed E-state index contributed by atoms with van der Waals surface area (Å²) in [5.74, 6) is 1.07. The van der Waals surface area contributed by atoms with Gasteiger partial charge in [-0.15, -0.1) is 0 Å². The molecule has 0 aliphatic carbocycles. The van der Waals surface area contributed by atoms with Crippen LogP contribution in [0.3, 0.4) is 0 Å². The van der Waals surface area contributed by atoms with E-state index in [2.05, 4.69) is 91.2 Å². The predicted octanol–water partition coefficient (Wildman–Crippen LogP) is 3.74. The molecule has 1 heterocycles. The molecule has 0 spiro atoms. The van der Waals surface area contributed by atoms with Crippen molar-refractivity contribution in [2.45, 2.75) is 20.3 Å². The van der Waals surface area contributed by atoms with Gasteiger partial charge in [-0.1, -0.05) is 36.4 Å². The van der Waals surface area contributed by atoms with Crippen molar-refractivity contribution in [3.63, 3.8) is 0 Å². The van der Waals surface area contributed by atoms with Crippen LogP contribution in [0.25, 0.3) is 0 Å². The molecular formula is C22H30N4. The average molecular weight is 351 g/mol. The van der Waals surface area contributed by atoms with E-state index in [0.29, 0.717) is 0 Å². The third-order valence-corrected chi connectivity index (χ3v) is 4.93. The van der Waals surface area contributed by atoms with Gasteiger partial charge < -0.3 is 9.80 Å². The maximum atomic E-state index is 4.94. The van der Waals surface area contributed by atoms with E-state index in [0.717, 1.165) is 38.7 Å². The maximum absolute atomic E-state index is 4.94. The maximum Gasteiger partial charge on any atom is 0.137 e. The normalized spacial score (nSPS) is 15.4. The number of rotatable bonds is 6. The zero-order valence-corrected chi connectivity index (χ0v) is 16.4. The molecular weight excluding hydrogens is 320 g/mol. The van der Waals surface area contributed by atoms with Crippen LogP contribution in [0.4, 0.5) is 5.69 Å². The van der Waals surface area contributed by atoms with Crippen molar-refractivity contribution in [2.24, 2.45) is 4.99 Å². The zero-order valence-electron chi connectivity index (χ0n) is 16.4. The van der Waals surface area contributed by atoms with Crippen molar-refractivity contribution in [3.05, 3.63) is 65.2 Å². The first-order chi connectivity index (χ1) is 12.5. The predicted molar refractivity (Wildman–Crippen MR) is 111 cm³/mol. The van der Waals surface area contributed by atoms with E-state index in [-0.39, 0.29) is 0 Å². The number of nitrogens with zero attached hydrogens (tertiary/aromatic N) is 4. The van der Waals surface area contributed by atoms with Gasteiger partial charge in [-0.2, -0.15) is 0 Å². The number of benzene rings is 2. The molecule has 2 aromatic carbocycles. The van der Waals surface area contributed by atoms with Crippen molar-refractivity contribution < 1.29 is 0 Å². The third-order valence-electron chi connectivity index (χ3n) is 4.93. The monoisotopic (exact) mass is 350 g/mol. The molecule has 2 aromatic rings. The molecule has 0 amide bonds. The quantitative estimate of drug-likeness (QED) is 0.792. The molecule has 0 radical (unpaired) electrons. The molecule has 0 saturated carbocycles. The van der Waals surface area contributed by atoms with Crippen LogP contribution in [0.1, 0.15) is 23.1 Å². The molecule has 26 heavy (non-hydrogen) atoms. The van der Waals surface area contributed by atoms with E-state index in [1.807, 2.05) is 0 Å².